The third-order valence-electron chi connectivity index (χ3n) is 15.0. The Labute approximate surface area is 483 Å². The third kappa shape index (κ3) is 28.3. The van der Waals surface area contributed by atoms with Crippen molar-refractivity contribution in [2.75, 3.05) is 26.4 Å². The van der Waals surface area contributed by atoms with Crippen LogP contribution in [-0.2, 0) is 33.2 Å². The molecule has 3 aliphatic rings. The maximum atomic E-state index is 13.3. The van der Waals surface area contributed by atoms with Gasteiger partial charge in [0.1, 0.15) is 73.2 Å². The van der Waals surface area contributed by atoms with Crippen molar-refractivity contribution >= 4 is 5.91 Å². The molecule has 3 heterocycles. The Balaban J connectivity index is 1.40. The molecule has 0 spiro atoms. The molecule has 3 fully saturated rings. The van der Waals surface area contributed by atoms with E-state index in [9.17, 15) is 61.0 Å². The number of carbonyl (C=O) groups is 1. The Bertz CT molecular complexity index is 1760. The minimum atomic E-state index is -1.98. The molecule has 3 rings (SSSR count). The molecule has 12 N–H and O–H groups in total. The molecule has 468 valence electrons. The predicted molar refractivity (Wildman–Crippen MR) is 309 cm³/mol. The quantitative estimate of drug-likeness (QED) is 0.0253. The summed E-state index contributed by atoms with van der Waals surface area (Å²) in [7, 11) is 0. The first-order valence-corrected chi connectivity index (χ1v) is 30.7. The monoisotopic (exact) mass is 1150 g/mol. The van der Waals surface area contributed by atoms with Crippen LogP contribution in [0.5, 0.6) is 0 Å². The van der Waals surface area contributed by atoms with E-state index >= 15 is 0 Å². The molecule has 0 aromatic heterocycles. The Morgan fingerprint density at radius 1 is 0.457 bits per heavy atom. The summed E-state index contributed by atoms with van der Waals surface area (Å²) >= 11 is 0. The van der Waals surface area contributed by atoms with E-state index in [1.54, 1.807) is 6.08 Å². The third-order valence-corrected chi connectivity index (χ3v) is 15.0. The highest BCUT2D eigenvalue weighted by molar-refractivity contribution is 5.76. The summed E-state index contributed by atoms with van der Waals surface area (Å²) in [6.07, 6.45) is 26.3. The summed E-state index contributed by atoms with van der Waals surface area (Å²) in [5, 5.41) is 120. The Morgan fingerprint density at radius 2 is 0.864 bits per heavy atom. The fourth-order valence-corrected chi connectivity index (χ4v) is 9.96. The maximum Gasteiger partial charge on any atom is 0.220 e. The van der Waals surface area contributed by atoms with E-state index < -0.39 is 124 Å². The zero-order chi connectivity index (χ0) is 59.0. The number of unbranched alkanes of at least 4 members (excludes halogenated alkanes) is 18. The zero-order valence-corrected chi connectivity index (χ0v) is 48.7. The van der Waals surface area contributed by atoms with E-state index in [1.807, 2.05) is 6.08 Å². The molecule has 19 heteroatoms. The number of allylic oxidation sites excluding steroid dienone is 11. The Kier molecular flexibility index (Phi) is 40.0. The van der Waals surface area contributed by atoms with Crippen molar-refractivity contribution < 1.29 is 89.4 Å². The first kappa shape index (κ1) is 72.5. The number of hydrogen-bond donors (Lipinski definition) is 12. The number of aliphatic hydroxyl groups is 11. The second-order valence-corrected chi connectivity index (χ2v) is 21.8. The van der Waals surface area contributed by atoms with Crippen molar-refractivity contribution in [2.45, 2.75) is 285 Å². The summed E-state index contributed by atoms with van der Waals surface area (Å²) in [6, 6.07) is -0.990. The van der Waals surface area contributed by atoms with Gasteiger partial charge in [-0.3, -0.25) is 4.79 Å². The molecule has 17 atom stereocenters. The molecule has 0 aliphatic carbocycles. The molecule has 0 aromatic rings. The number of ether oxygens (including phenoxy) is 6. The van der Waals surface area contributed by atoms with Crippen LogP contribution in [0.25, 0.3) is 0 Å². The van der Waals surface area contributed by atoms with Crippen LogP contribution >= 0.6 is 0 Å². The van der Waals surface area contributed by atoms with E-state index in [0.717, 1.165) is 77.0 Å². The fraction of sp³-hybridized carbons (Fsp3) is 0.790. The highest BCUT2D eigenvalue weighted by atomic mass is 16.8. The lowest BCUT2D eigenvalue weighted by Gasteiger charge is -2.48. The highest BCUT2D eigenvalue weighted by Crippen LogP contribution is 2.33. The van der Waals surface area contributed by atoms with Gasteiger partial charge in [0.2, 0.25) is 5.91 Å². The van der Waals surface area contributed by atoms with E-state index in [1.165, 1.54) is 70.6 Å². The van der Waals surface area contributed by atoms with Crippen LogP contribution < -0.4 is 5.32 Å². The second-order valence-electron chi connectivity index (χ2n) is 21.8. The normalized spacial score (nSPS) is 30.3. The summed E-state index contributed by atoms with van der Waals surface area (Å²) < 4.78 is 34.2. The van der Waals surface area contributed by atoms with Crippen LogP contribution in [0.3, 0.4) is 0 Å². The molecule has 0 saturated carbocycles. The van der Waals surface area contributed by atoms with Gasteiger partial charge in [-0.25, -0.2) is 0 Å². The Hall–Kier alpha value is -2.77. The van der Waals surface area contributed by atoms with Crippen molar-refractivity contribution in [3.05, 3.63) is 72.9 Å². The van der Waals surface area contributed by atoms with Gasteiger partial charge < -0.3 is 89.9 Å². The maximum absolute atomic E-state index is 13.3. The van der Waals surface area contributed by atoms with Gasteiger partial charge in [0, 0.05) is 6.42 Å². The lowest BCUT2D eigenvalue weighted by atomic mass is 9.96. The van der Waals surface area contributed by atoms with E-state index in [2.05, 4.69) is 79.9 Å². The molecule has 1 amide bonds. The van der Waals surface area contributed by atoms with Crippen LogP contribution in [0.15, 0.2) is 72.9 Å². The average molecular weight is 1150 g/mol. The average Bonchev–Trinajstić information content (AvgIpc) is 3.47. The highest BCUT2D eigenvalue weighted by Gasteiger charge is 2.53. The zero-order valence-electron chi connectivity index (χ0n) is 48.7. The van der Waals surface area contributed by atoms with E-state index in [-0.39, 0.29) is 18.9 Å². The van der Waals surface area contributed by atoms with Crippen LogP contribution in [0.1, 0.15) is 181 Å². The van der Waals surface area contributed by atoms with Crippen LogP contribution in [0, 0.1) is 0 Å². The van der Waals surface area contributed by atoms with Gasteiger partial charge in [-0.1, -0.05) is 177 Å². The minimum Gasteiger partial charge on any atom is -0.394 e. The predicted octanol–water partition coefficient (Wildman–Crippen LogP) is 5.82. The SMILES string of the molecule is CC/C=C\C/C=C\C/C=C\C/C=C\CCCCCCCCCCCCCCCCC(=O)NC(COC1OC(CO)C(OC2OC(CO)C(OC3OC(CO)C(O)C(O)C3O)C(O)C2O)C(O)C1O)C(O)/C=C/CC/C=C/CCCCC. The smallest absolute Gasteiger partial charge is 0.220 e. The Morgan fingerprint density at radius 3 is 1.38 bits per heavy atom. The van der Waals surface area contributed by atoms with Crippen molar-refractivity contribution in [1.82, 2.24) is 5.32 Å². The van der Waals surface area contributed by atoms with Gasteiger partial charge >= 0.3 is 0 Å². The summed E-state index contributed by atoms with van der Waals surface area (Å²) in [5.41, 5.74) is 0. The van der Waals surface area contributed by atoms with Gasteiger partial charge in [0.05, 0.1) is 38.6 Å². The number of aliphatic hydroxyl groups excluding tert-OH is 11. The number of amides is 1. The van der Waals surface area contributed by atoms with Crippen molar-refractivity contribution in [3.63, 3.8) is 0 Å². The minimum absolute atomic E-state index is 0.231. The topological polar surface area (TPSA) is 307 Å². The molecule has 17 unspecified atom stereocenters. The second kappa shape index (κ2) is 44.7. The van der Waals surface area contributed by atoms with E-state index in [4.69, 9.17) is 28.4 Å². The van der Waals surface area contributed by atoms with Crippen LogP contribution in [0.4, 0.5) is 0 Å². The lowest BCUT2D eigenvalue weighted by Crippen LogP contribution is -2.66. The number of nitrogens with one attached hydrogen (secondary N) is 1. The summed E-state index contributed by atoms with van der Waals surface area (Å²) in [5.74, 6) is -0.293. The van der Waals surface area contributed by atoms with Crippen LogP contribution in [0.2, 0.25) is 0 Å². The van der Waals surface area contributed by atoms with Gasteiger partial charge in [0.15, 0.2) is 18.9 Å². The molecule has 81 heavy (non-hydrogen) atoms. The molecule has 3 aliphatic heterocycles. The van der Waals surface area contributed by atoms with Gasteiger partial charge in [0.25, 0.3) is 0 Å². The van der Waals surface area contributed by atoms with Crippen LogP contribution in [-0.4, -0.2) is 193 Å². The molecule has 0 bridgehead atoms. The van der Waals surface area contributed by atoms with Gasteiger partial charge in [-0.15, -0.1) is 0 Å². The summed E-state index contributed by atoms with van der Waals surface area (Å²) in [6.45, 7) is 1.51. The molecule has 19 nitrogen and oxygen atoms in total. The van der Waals surface area contributed by atoms with Crippen molar-refractivity contribution in [1.29, 1.82) is 0 Å². The van der Waals surface area contributed by atoms with Crippen molar-refractivity contribution in [2.24, 2.45) is 0 Å². The molecular weight excluding hydrogens is 1050 g/mol. The molecule has 3 saturated heterocycles. The van der Waals surface area contributed by atoms with Gasteiger partial charge in [-0.05, 0) is 70.6 Å². The van der Waals surface area contributed by atoms with Crippen molar-refractivity contribution in [3.8, 4) is 0 Å². The number of rotatable bonds is 44. The fourth-order valence-electron chi connectivity index (χ4n) is 9.96. The number of carbonyl (C=O) groups excluding carboxylic acids is 1. The first-order chi connectivity index (χ1) is 39.3. The molecular formula is C62H107NO18. The summed E-state index contributed by atoms with van der Waals surface area (Å²) in [4.78, 5) is 13.3. The molecule has 0 radical (unpaired) electrons. The van der Waals surface area contributed by atoms with Gasteiger partial charge in [-0.2, -0.15) is 0 Å². The first-order valence-electron chi connectivity index (χ1n) is 30.7. The molecule has 0 aromatic carbocycles. The standard InChI is InChI=1S/C62H107NO18/c1-3-5-7-9-11-13-14-15-16-17-18-19-20-21-22-23-24-25-26-27-28-29-30-32-34-36-38-40-50(68)63-45(46(67)39-37-35-33-31-12-10-8-6-4-2)44-76-60-56(74)53(71)58(48(42-65)78-60)81-62-57(75)54(72)59(49(43-66)79-62)80-61-55(73)52(70)51(69)47(41-64)77-61/h5,7,11-13,15-16,18-19,31,37,39,45-49,51-62,64-67,69-75H,3-4,6,8-10,14,17,20-30,32-36,38,40-44H2,1-2H3,(H,63,68)/b7-5-,13-11-,16-15-,19-18-,31-12+,39-37+. The lowest BCUT2D eigenvalue weighted by molar-refractivity contribution is -0.379. The number of hydrogen-bond acceptors (Lipinski definition) is 18. The van der Waals surface area contributed by atoms with E-state index in [0.29, 0.717) is 12.8 Å². The largest absolute Gasteiger partial charge is 0.394 e.